The summed E-state index contributed by atoms with van der Waals surface area (Å²) in [6.07, 6.45) is 2.53. The van der Waals surface area contributed by atoms with Crippen LogP contribution in [0.1, 0.15) is 40.0 Å². The average molecular weight is 242 g/mol. The van der Waals surface area contributed by atoms with Gasteiger partial charge in [0.25, 0.3) is 0 Å². The third-order valence-corrected chi connectivity index (χ3v) is 3.70. The molecular weight excluding hydrogens is 220 g/mol. The number of ether oxygens (including phenoxy) is 1. The summed E-state index contributed by atoms with van der Waals surface area (Å²) in [5.74, 6) is -2.15. The van der Waals surface area contributed by atoms with Crippen molar-refractivity contribution in [2.24, 2.45) is 23.7 Å². The number of rotatable bonds is 4. The largest absolute Gasteiger partial charge is 0.481 e. The van der Waals surface area contributed by atoms with Gasteiger partial charge in [-0.05, 0) is 31.1 Å². The van der Waals surface area contributed by atoms with E-state index in [-0.39, 0.29) is 17.8 Å². The second-order valence-corrected chi connectivity index (χ2v) is 5.09. The van der Waals surface area contributed by atoms with Crippen LogP contribution in [0.3, 0.4) is 0 Å². The Morgan fingerprint density at radius 1 is 1.18 bits per heavy atom. The molecule has 98 valence electrons. The molecular formula is C13H22O4. The first kappa shape index (κ1) is 14.0. The number of carbonyl (C=O) groups is 2. The molecule has 0 aromatic carbocycles. The van der Waals surface area contributed by atoms with Crippen molar-refractivity contribution in [3.63, 3.8) is 0 Å². The molecule has 1 rings (SSSR count). The lowest BCUT2D eigenvalue weighted by Crippen LogP contribution is -2.42. The maximum Gasteiger partial charge on any atom is 0.310 e. The minimum absolute atomic E-state index is 0.0443. The Bertz CT molecular complexity index is 287. The Morgan fingerprint density at radius 3 is 2.18 bits per heavy atom. The Morgan fingerprint density at radius 2 is 1.71 bits per heavy atom. The molecule has 0 aromatic heterocycles. The summed E-state index contributed by atoms with van der Waals surface area (Å²) < 4.78 is 5.13. The van der Waals surface area contributed by atoms with E-state index in [4.69, 9.17) is 4.74 Å². The Labute approximate surface area is 102 Å². The van der Waals surface area contributed by atoms with Crippen LogP contribution in [0.5, 0.6) is 0 Å². The van der Waals surface area contributed by atoms with Crippen molar-refractivity contribution in [2.75, 3.05) is 6.61 Å². The van der Waals surface area contributed by atoms with Gasteiger partial charge in [0.15, 0.2) is 0 Å². The number of hydrogen-bond donors (Lipinski definition) is 1. The van der Waals surface area contributed by atoms with Gasteiger partial charge in [-0.2, -0.15) is 0 Å². The fraction of sp³-hybridized carbons (Fsp3) is 0.846. The van der Waals surface area contributed by atoms with Gasteiger partial charge < -0.3 is 9.84 Å². The second-order valence-electron chi connectivity index (χ2n) is 5.09. The molecule has 17 heavy (non-hydrogen) atoms. The molecule has 4 heteroatoms. The highest BCUT2D eigenvalue weighted by Crippen LogP contribution is 2.39. The molecule has 0 bridgehead atoms. The molecule has 0 aromatic rings. The maximum absolute atomic E-state index is 11.9. The van der Waals surface area contributed by atoms with Gasteiger partial charge in [0.05, 0.1) is 18.4 Å². The first-order valence-corrected chi connectivity index (χ1v) is 6.38. The predicted molar refractivity (Wildman–Crippen MR) is 63.4 cm³/mol. The molecule has 0 amide bonds. The minimum Gasteiger partial charge on any atom is -0.481 e. The predicted octanol–water partition coefficient (Wildman–Crippen LogP) is 2.32. The lowest BCUT2D eigenvalue weighted by molar-refractivity contribution is -0.164. The second kappa shape index (κ2) is 6.03. The van der Waals surface area contributed by atoms with Gasteiger partial charge in [-0.15, -0.1) is 0 Å². The van der Waals surface area contributed by atoms with Crippen LogP contribution in [0.15, 0.2) is 0 Å². The van der Waals surface area contributed by atoms with Gasteiger partial charge in [0, 0.05) is 0 Å². The zero-order valence-corrected chi connectivity index (χ0v) is 10.8. The zero-order chi connectivity index (χ0) is 13.0. The first-order chi connectivity index (χ1) is 7.99. The van der Waals surface area contributed by atoms with E-state index in [0.29, 0.717) is 6.61 Å². The van der Waals surface area contributed by atoms with Crippen molar-refractivity contribution >= 4 is 11.9 Å². The molecule has 1 aliphatic carbocycles. The molecule has 1 N–H and O–H groups in total. The van der Waals surface area contributed by atoms with Crippen LogP contribution >= 0.6 is 0 Å². The maximum atomic E-state index is 11.9. The third kappa shape index (κ3) is 3.20. The van der Waals surface area contributed by atoms with Crippen molar-refractivity contribution < 1.29 is 19.4 Å². The standard InChI is InChI=1S/C13H22O4/c1-4-7-17-13(16)11-9(3)6-5-8(2)10(11)12(14)15/h8-11H,4-7H2,1-3H3,(H,14,15). The van der Waals surface area contributed by atoms with Crippen molar-refractivity contribution in [3.8, 4) is 0 Å². The summed E-state index contributed by atoms with van der Waals surface area (Å²) in [4.78, 5) is 23.2. The molecule has 4 nitrogen and oxygen atoms in total. The van der Waals surface area contributed by atoms with Gasteiger partial charge in [0.2, 0.25) is 0 Å². The van der Waals surface area contributed by atoms with Gasteiger partial charge in [-0.1, -0.05) is 20.8 Å². The van der Waals surface area contributed by atoms with Crippen LogP contribution in [0, 0.1) is 23.7 Å². The van der Waals surface area contributed by atoms with Crippen LogP contribution < -0.4 is 0 Å². The lowest BCUT2D eigenvalue weighted by Gasteiger charge is -2.36. The Kier molecular flexibility index (Phi) is 4.97. The number of esters is 1. The summed E-state index contributed by atoms with van der Waals surface area (Å²) in [7, 11) is 0. The van der Waals surface area contributed by atoms with E-state index in [1.54, 1.807) is 0 Å². The number of carboxylic acid groups (broad SMARTS) is 1. The fourth-order valence-electron chi connectivity index (χ4n) is 2.67. The number of carbonyl (C=O) groups excluding carboxylic acids is 1. The van der Waals surface area contributed by atoms with Gasteiger partial charge in [-0.3, -0.25) is 9.59 Å². The summed E-state index contributed by atoms with van der Waals surface area (Å²) in [6, 6.07) is 0. The van der Waals surface area contributed by atoms with Crippen molar-refractivity contribution in [2.45, 2.75) is 40.0 Å². The summed E-state index contributed by atoms with van der Waals surface area (Å²) >= 11 is 0. The monoisotopic (exact) mass is 242 g/mol. The molecule has 0 saturated heterocycles. The number of aliphatic carboxylic acids is 1. The van der Waals surface area contributed by atoms with Gasteiger partial charge in [0.1, 0.15) is 0 Å². The summed E-state index contributed by atoms with van der Waals surface area (Å²) in [5, 5.41) is 9.26. The number of hydrogen-bond acceptors (Lipinski definition) is 3. The molecule has 1 fully saturated rings. The van der Waals surface area contributed by atoms with Crippen LogP contribution in [-0.2, 0) is 14.3 Å². The zero-order valence-electron chi connectivity index (χ0n) is 10.8. The third-order valence-electron chi connectivity index (χ3n) is 3.70. The molecule has 4 unspecified atom stereocenters. The SMILES string of the molecule is CCCOC(=O)C1C(C)CCC(C)C1C(=O)O. The average Bonchev–Trinajstić information content (AvgIpc) is 2.28. The van der Waals surface area contributed by atoms with E-state index in [9.17, 15) is 14.7 Å². The van der Waals surface area contributed by atoms with Crippen LogP contribution in [0.25, 0.3) is 0 Å². The molecule has 1 aliphatic rings. The highest BCUT2D eigenvalue weighted by molar-refractivity contribution is 5.81. The Balaban J connectivity index is 2.81. The van der Waals surface area contributed by atoms with Crippen LogP contribution in [-0.4, -0.2) is 23.7 Å². The van der Waals surface area contributed by atoms with Crippen LogP contribution in [0.4, 0.5) is 0 Å². The van der Waals surface area contributed by atoms with E-state index < -0.39 is 17.8 Å². The topological polar surface area (TPSA) is 63.6 Å². The highest BCUT2D eigenvalue weighted by atomic mass is 16.5. The van der Waals surface area contributed by atoms with Crippen molar-refractivity contribution in [3.05, 3.63) is 0 Å². The minimum atomic E-state index is -0.873. The smallest absolute Gasteiger partial charge is 0.310 e. The molecule has 0 heterocycles. The summed E-state index contributed by atoms with van der Waals surface area (Å²) in [5.41, 5.74) is 0. The lowest BCUT2D eigenvalue weighted by atomic mass is 9.67. The Hall–Kier alpha value is -1.06. The molecule has 0 aliphatic heterocycles. The highest BCUT2D eigenvalue weighted by Gasteiger charge is 2.44. The molecule has 4 atom stereocenters. The van der Waals surface area contributed by atoms with Crippen molar-refractivity contribution in [1.29, 1.82) is 0 Å². The normalized spacial score (nSPS) is 33.1. The van der Waals surface area contributed by atoms with E-state index >= 15 is 0 Å². The quantitative estimate of drug-likeness (QED) is 0.768. The summed E-state index contributed by atoms with van der Waals surface area (Å²) in [6.45, 7) is 6.15. The van der Waals surface area contributed by atoms with E-state index in [2.05, 4.69) is 0 Å². The van der Waals surface area contributed by atoms with Crippen LogP contribution in [0.2, 0.25) is 0 Å². The molecule has 0 radical (unpaired) electrons. The van der Waals surface area contributed by atoms with E-state index in [1.165, 1.54) is 0 Å². The fourth-order valence-corrected chi connectivity index (χ4v) is 2.67. The van der Waals surface area contributed by atoms with E-state index in [1.807, 2.05) is 20.8 Å². The van der Waals surface area contributed by atoms with Gasteiger partial charge >= 0.3 is 11.9 Å². The van der Waals surface area contributed by atoms with Gasteiger partial charge in [-0.25, -0.2) is 0 Å². The van der Waals surface area contributed by atoms with Crippen molar-refractivity contribution in [1.82, 2.24) is 0 Å². The number of carboxylic acids is 1. The molecule has 0 spiro atoms. The molecule has 1 saturated carbocycles. The first-order valence-electron chi connectivity index (χ1n) is 6.38. The van der Waals surface area contributed by atoms with E-state index in [0.717, 1.165) is 19.3 Å².